The average Bonchev–Trinajstić information content (AvgIpc) is 3.26. The van der Waals surface area contributed by atoms with Crippen LogP contribution in [-0.2, 0) is 20.0 Å². The molecule has 3 aliphatic rings. The molecule has 1 aliphatic heterocycles. The van der Waals surface area contributed by atoms with Gasteiger partial charge in [-0.1, -0.05) is 60.7 Å². The molecular weight excluding hydrogens is 288 g/mol. The van der Waals surface area contributed by atoms with E-state index in [2.05, 4.69) is 48.5 Å². The van der Waals surface area contributed by atoms with Crippen LogP contribution in [0.25, 0.3) is 0 Å². The lowest BCUT2D eigenvalue weighted by molar-refractivity contribution is -0.270. The maximum atomic E-state index is 12.2. The number of fused-ring (bicyclic) bond motifs is 5. The van der Waals surface area contributed by atoms with Gasteiger partial charge in [-0.25, -0.2) is 4.79 Å². The first-order valence-electron chi connectivity index (χ1n) is 8.31. The molecule has 1 saturated heterocycles. The Labute approximate surface area is 135 Å². The van der Waals surface area contributed by atoms with Crippen LogP contribution in [0, 0.1) is 17.8 Å². The van der Waals surface area contributed by atoms with E-state index in [1.165, 1.54) is 11.1 Å². The van der Waals surface area contributed by atoms with Gasteiger partial charge in [0.2, 0.25) is 0 Å². The van der Waals surface area contributed by atoms with Gasteiger partial charge in [0.05, 0.1) is 5.92 Å². The molecule has 0 radical (unpaired) electrons. The van der Waals surface area contributed by atoms with Gasteiger partial charge in [0, 0.05) is 11.3 Å². The molecular formula is C20H18O3. The van der Waals surface area contributed by atoms with Crippen molar-refractivity contribution in [1.29, 1.82) is 0 Å². The van der Waals surface area contributed by atoms with Crippen LogP contribution in [0.2, 0.25) is 0 Å². The molecule has 2 aromatic carbocycles. The van der Waals surface area contributed by atoms with Gasteiger partial charge >= 0.3 is 5.97 Å². The Bertz CT molecular complexity index is 700. The highest BCUT2D eigenvalue weighted by molar-refractivity contribution is 5.76. The monoisotopic (exact) mass is 306 g/mol. The standard InChI is InChI=1S/C20H18O3/c21-19-17-15-11-12-16(18(17)22-23-19)20(15,13-7-3-1-4-8-13)14-9-5-2-6-10-14/h1-10,15-18H,11-12H2/t15-,16-,17-,18-/m1/s1. The molecule has 2 saturated carbocycles. The van der Waals surface area contributed by atoms with Gasteiger partial charge < -0.3 is 0 Å². The summed E-state index contributed by atoms with van der Waals surface area (Å²) >= 11 is 0. The van der Waals surface area contributed by atoms with E-state index in [0.717, 1.165) is 12.8 Å². The molecule has 3 nitrogen and oxygen atoms in total. The Hall–Kier alpha value is -2.13. The Morgan fingerprint density at radius 1 is 0.826 bits per heavy atom. The molecule has 0 unspecified atom stereocenters. The fourth-order valence-electron chi connectivity index (χ4n) is 5.49. The zero-order valence-corrected chi connectivity index (χ0v) is 12.7. The van der Waals surface area contributed by atoms with E-state index in [9.17, 15) is 4.79 Å². The first-order valence-corrected chi connectivity index (χ1v) is 8.31. The maximum Gasteiger partial charge on any atom is 0.348 e. The van der Waals surface area contributed by atoms with Crippen molar-refractivity contribution in [3.63, 3.8) is 0 Å². The second-order valence-electron chi connectivity index (χ2n) is 6.88. The number of rotatable bonds is 2. The molecule has 0 amide bonds. The summed E-state index contributed by atoms with van der Waals surface area (Å²) in [6.45, 7) is 0. The van der Waals surface area contributed by atoms with Crippen molar-refractivity contribution in [2.24, 2.45) is 17.8 Å². The lowest BCUT2D eigenvalue weighted by Gasteiger charge is -2.37. The van der Waals surface area contributed by atoms with Crippen LogP contribution < -0.4 is 0 Å². The van der Waals surface area contributed by atoms with Crippen LogP contribution >= 0.6 is 0 Å². The van der Waals surface area contributed by atoms with Crippen molar-refractivity contribution in [1.82, 2.24) is 0 Å². The minimum absolute atomic E-state index is 0.110. The number of carbonyl (C=O) groups excluding carboxylic acids is 1. The SMILES string of the molecule is O=C1OO[C@H]2[C@H]1[C@H]1CC[C@H]2C1(c1ccccc1)c1ccccc1. The first-order chi connectivity index (χ1) is 11.3. The van der Waals surface area contributed by atoms with Gasteiger partial charge in [0.25, 0.3) is 0 Å². The summed E-state index contributed by atoms with van der Waals surface area (Å²) < 4.78 is 0. The van der Waals surface area contributed by atoms with Gasteiger partial charge in [0.15, 0.2) is 0 Å². The summed E-state index contributed by atoms with van der Waals surface area (Å²) in [5.41, 5.74) is 2.45. The third-order valence-electron chi connectivity index (χ3n) is 6.16. The molecule has 0 aromatic heterocycles. The molecule has 0 spiro atoms. The molecule has 2 aliphatic carbocycles. The van der Waals surface area contributed by atoms with Crippen LogP contribution in [-0.4, -0.2) is 12.1 Å². The third-order valence-corrected chi connectivity index (χ3v) is 6.16. The minimum Gasteiger partial charge on any atom is -0.298 e. The van der Waals surface area contributed by atoms with E-state index in [1.807, 2.05) is 12.1 Å². The summed E-state index contributed by atoms with van der Waals surface area (Å²) in [5, 5.41) is 0. The highest BCUT2D eigenvalue weighted by Gasteiger charge is 2.70. The quantitative estimate of drug-likeness (QED) is 0.797. The molecule has 0 N–H and O–H groups in total. The van der Waals surface area contributed by atoms with Gasteiger partial charge in [0.1, 0.15) is 6.10 Å². The molecule has 3 heteroatoms. The smallest absolute Gasteiger partial charge is 0.298 e. The van der Waals surface area contributed by atoms with E-state index in [0.29, 0.717) is 0 Å². The van der Waals surface area contributed by atoms with Crippen molar-refractivity contribution < 1.29 is 14.6 Å². The predicted molar refractivity (Wildman–Crippen MR) is 84.3 cm³/mol. The fraction of sp³-hybridized carbons (Fsp3) is 0.350. The summed E-state index contributed by atoms with van der Waals surface area (Å²) in [7, 11) is 0. The largest absolute Gasteiger partial charge is 0.348 e. The topological polar surface area (TPSA) is 35.5 Å². The zero-order chi connectivity index (χ0) is 15.4. The Morgan fingerprint density at radius 3 is 1.96 bits per heavy atom. The molecule has 23 heavy (non-hydrogen) atoms. The van der Waals surface area contributed by atoms with Crippen LogP contribution in [0.1, 0.15) is 24.0 Å². The van der Waals surface area contributed by atoms with E-state index >= 15 is 0 Å². The number of hydrogen-bond acceptors (Lipinski definition) is 3. The van der Waals surface area contributed by atoms with Gasteiger partial charge in [-0.15, -0.1) is 0 Å². The number of carbonyl (C=O) groups is 1. The fourth-order valence-corrected chi connectivity index (χ4v) is 5.49. The average molecular weight is 306 g/mol. The van der Waals surface area contributed by atoms with Gasteiger partial charge in [-0.3, -0.25) is 4.89 Å². The summed E-state index contributed by atoms with van der Waals surface area (Å²) in [4.78, 5) is 22.6. The highest BCUT2D eigenvalue weighted by atomic mass is 17.2. The van der Waals surface area contributed by atoms with E-state index in [1.54, 1.807) is 0 Å². The van der Waals surface area contributed by atoms with Crippen molar-refractivity contribution in [3.05, 3.63) is 71.8 Å². The second-order valence-corrected chi connectivity index (χ2v) is 6.88. The molecule has 1 heterocycles. The van der Waals surface area contributed by atoms with Crippen molar-refractivity contribution >= 4 is 5.97 Å². The lowest BCUT2D eigenvalue weighted by Crippen LogP contribution is -2.36. The van der Waals surface area contributed by atoms with Crippen LogP contribution in [0.3, 0.4) is 0 Å². The van der Waals surface area contributed by atoms with E-state index in [-0.39, 0.29) is 35.2 Å². The molecule has 5 rings (SSSR count). The molecule has 4 atom stereocenters. The molecule has 2 aromatic rings. The van der Waals surface area contributed by atoms with Crippen molar-refractivity contribution in [2.75, 3.05) is 0 Å². The normalized spacial score (nSPS) is 33.5. The third kappa shape index (κ3) is 1.56. The summed E-state index contributed by atoms with van der Waals surface area (Å²) in [5.74, 6) is 0.221. The Balaban J connectivity index is 1.76. The summed E-state index contributed by atoms with van der Waals surface area (Å²) in [6, 6.07) is 21.2. The Morgan fingerprint density at radius 2 is 1.39 bits per heavy atom. The van der Waals surface area contributed by atoms with Crippen LogP contribution in [0.4, 0.5) is 0 Å². The van der Waals surface area contributed by atoms with Gasteiger partial charge in [-0.05, 0) is 29.9 Å². The zero-order valence-electron chi connectivity index (χ0n) is 12.7. The van der Waals surface area contributed by atoms with E-state index < -0.39 is 0 Å². The number of hydrogen-bond donors (Lipinski definition) is 0. The summed E-state index contributed by atoms with van der Waals surface area (Å²) in [6.07, 6.45) is 2.02. The van der Waals surface area contributed by atoms with Crippen molar-refractivity contribution in [2.45, 2.75) is 24.4 Å². The van der Waals surface area contributed by atoms with Gasteiger partial charge in [-0.2, -0.15) is 4.89 Å². The lowest BCUT2D eigenvalue weighted by atomic mass is 9.66. The highest BCUT2D eigenvalue weighted by Crippen LogP contribution is 2.66. The number of benzene rings is 2. The first kappa shape index (κ1) is 13.3. The maximum absolute atomic E-state index is 12.2. The van der Waals surface area contributed by atoms with Crippen molar-refractivity contribution in [3.8, 4) is 0 Å². The Kier molecular flexibility index (Phi) is 2.71. The minimum atomic E-state index is -0.182. The van der Waals surface area contributed by atoms with Crippen LogP contribution in [0.15, 0.2) is 60.7 Å². The second kappa shape index (κ2) is 4.68. The van der Waals surface area contributed by atoms with E-state index in [4.69, 9.17) is 9.78 Å². The predicted octanol–water partition coefficient (Wildman–Crippen LogP) is 3.49. The molecule has 3 fully saturated rings. The van der Waals surface area contributed by atoms with Crippen LogP contribution in [0.5, 0.6) is 0 Å². The molecule has 116 valence electrons. The molecule has 2 bridgehead atoms.